The van der Waals surface area contributed by atoms with Crippen molar-refractivity contribution in [3.8, 4) is 0 Å². The number of halogens is 2. The lowest BCUT2D eigenvalue weighted by Crippen LogP contribution is -2.08. The van der Waals surface area contributed by atoms with Gasteiger partial charge in [0.2, 0.25) is 0 Å². The summed E-state index contributed by atoms with van der Waals surface area (Å²) < 4.78 is 0. The van der Waals surface area contributed by atoms with E-state index >= 15 is 0 Å². The summed E-state index contributed by atoms with van der Waals surface area (Å²) in [5.41, 5.74) is 0.487. The second-order valence-corrected chi connectivity index (χ2v) is 3.98. The van der Waals surface area contributed by atoms with Gasteiger partial charge in [-0.1, -0.05) is 11.6 Å². The molecule has 1 aromatic heterocycles. The number of carbonyl (C=O) groups excluding carboxylic acids is 1. The zero-order valence-corrected chi connectivity index (χ0v) is 9.53. The molecule has 16 heavy (non-hydrogen) atoms. The molecule has 0 amide bonds. The Kier molecular flexibility index (Phi) is 3.22. The first kappa shape index (κ1) is 11.1. The van der Waals surface area contributed by atoms with Crippen LogP contribution in [0.15, 0.2) is 30.6 Å². The first-order valence-corrected chi connectivity index (χ1v) is 5.29. The topological polar surface area (TPSA) is 58.6 Å². The Morgan fingerprint density at radius 3 is 2.56 bits per heavy atom. The summed E-state index contributed by atoms with van der Waals surface area (Å²) >= 11 is 11.7. The van der Waals surface area contributed by atoms with E-state index in [0.717, 1.165) is 0 Å². The van der Waals surface area contributed by atoms with Gasteiger partial charge in [-0.05, 0) is 24.3 Å². The molecule has 0 bridgehead atoms. The fraction of sp³-hybridized carbons (Fsp3) is 0.100. The minimum absolute atomic E-state index is 0.241. The van der Waals surface area contributed by atoms with Crippen molar-refractivity contribution < 1.29 is 4.79 Å². The van der Waals surface area contributed by atoms with E-state index < -0.39 is 5.38 Å². The van der Waals surface area contributed by atoms with Crippen LogP contribution in [0.2, 0.25) is 5.02 Å². The largest absolute Gasteiger partial charge is 0.292 e. The second-order valence-electron chi connectivity index (χ2n) is 3.10. The van der Waals surface area contributed by atoms with Crippen LogP contribution in [0.1, 0.15) is 21.6 Å². The molecule has 0 saturated carbocycles. The van der Waals surface area contributed by atoms with E-state index in [0.29, 0.717) is 16.4 Å². The molecule has 0 aliphatic rings. The number of aromatic amines is 1. The number of aromatic nitrogens is 3. The fourth-order valence-electron chi connectivity index (χ4n) is 1.22. The minimum atomic E-state index is -0.858. The van der Waals surface area contributed by atoms with Gasteiger partial charge < -0.3 is 0 Å². The van der Waals surface area contributed by atoms with Crippen LogP contribution in [0.5, 0.6) is 0 Å². The van der Waals surface area contributed by atoms with Crippen molar-refractivity contribution in [2.75, 3.05) is 0 Å². The third kappa shape index (κ3) is 2.23. The van der Waals surface area contributed by atoms with Crippen molar-refractivity contribution in [1.29, 1.82) is 0 Å². The molecule has 6 heteroatoms. The van der Waals surface area contributed by atoms with E-state index in [-0.39, 0.29) is 5.78 Å². The van der Waals surface area contributed by atoms with Crippen molar-refractivity contribution in [1.82, 2.24) is 15.2 Å². The third-order valence-corrected chi connectivity index (χ3v) is 2.69. The lowest BCUT2D eigenvalue weighted by molar-refractivity contribution is 0.0985. The molecule has 82 valence electrons. The zero-order chi connectivity index (χ0) is 11.5. The molecule has 0 radical (unpaired) electrons. The van der Waals surface area contributed by atoms with Crippen molar-refractivity contribution in [3.63, 3.8) is 0 Å². The number of benzene rings is 1. The number of carbonyl (C=O) groups is 1. The van der Waals surface area contributed by atoms with Gasteiger partial charge >= 0.3 is 0 Å². The first-order chi connectivity index (χ1) is 7.68. The number of ketones is 1. The molecule has 0 saturated heterocycles. The number of H-pyrrole nitrogens is 1. The zero-order valence-electron chi connectivity index (χ0n) is 8.02. The smallest absolute Gasteiger partial charge is 0.188 e. The van der Waals surface area contributed by atoms with Crippen molar-refractivity contribution in [2.45, 2.75) is 5.38 Å². The number of alkyl halides is 1. The average molecular weight is 256 g/mol. The Morgan fingerprint density at radius 2 is 2.00 bits per heavy atom. The molecule has 1 atom stereocenters. The molecule has 2 rings (SSSR count). The molecule has 1 N–H and O–H groups in total. The Morgan fingerprint density at radius 1 is 1.31 bits per heavy atom. The summed E-state index contributed by atoms with van der Waals surface area (Å²) in [7, 11) is 0. The highest BCUT2D eigenvalue weighted by atomic mass is 35.5. The highest BCUT2D eigenvalue weighted by molar-refractivity contribution is 6.34. The van der Waals surface area contributed by atoms with E-state index in [4.69, 9.17) is 23.2 Å². The predicted octanol–water partition coefficient (Wildman–Crippen LogP) is 2.62. The van der Waals surface area contributed by atoms with Crippen molar-refractivity contribution in [3.05, 3.63) is 47.0 Å². The van der Waals surface area contributed by atoms with Gasteiger partial charge in [-0.3, -0.25) is 9.89 Å². The number of Topliss-reactive ketones (excluding diaryl/α,β-unsaturated/α-hetero) is 1. The van der Waals surface area contributed by atoms with Gasteiger partial charge in [-0.25, -0.2) is 4.98 Å². The molecule has 0 spiro atoms. The molecule has 4 nitrogen and oxygen atoms in total. The molecule has 0 fully saturated rings. The van der Waals surface area contributed by atoms with Crippen LogP contribution in [-0.4, -0.2) is 21.0 Å². The summed E-state index contributed by atoms with van der Waals surface area (Å²) in [4.78, 5) is 15.7. The molecule has 2 aromatic rings. The van der Waals surface area contributed by atoms with Crippen LogP contribution in [0.25, 0.3) is 0 Å². The monoisotopic (exact) mass is 255 g/mol. The fourth-order valence-corrected chi connectivity index (χ4v) is 1.58. The maximum atomic E-state index is 11.9. The molecule has 1 aromatic carbocycles. The van der Waals surface area contributed by atoms with Gasteiger partial charge in [0.25, 0.3) is 0 Å². The normalized spacial score (nSPS) is 12.4. The van der Waals surface area contributed by atoms with Gasteiger partial charge in [0, 0.05) is 10.6 Å². The van der Waals surface area contributed by atoms with Gasteiger partial charge in [-0.15, -0.1) is 11.6 Å². The van der Waals surface area contributed by atoms with Gasteiger partial charge in [0.15, 0.2) is 11.2 Å². The number of nitrogens with one attached hydrogen (secondary N) is 1. The second kappa shape index (κ2) is 4.63. The number of rotatable bonds is 3. The summed E-state index contributed by atoms with van der Waals surface area (Å²) in [5.74, 6) is 0.0942. The summed E-state index contributed by atoms with van der Waals surface area (Å²) in [6, 6.07) is 6.52. The van der Waals surface area contributed by atoms with Crippen molar-refractivity contribution >= 4 is 29.0 Å². The number of hydrogen-bond acceptors (Lipinski definition) is 3. The van der Waals surface area contributed by atoms with E-state index in [1.807, 2.05) is 0 Å². The Labute approximate surface area is 102 Å². The van der Waals surface area contributed by atoms with Gasteiger partial charge in [0.1, 0.15) is 12.2 Å². The summed E-state index contributed by atoms with van der Waals surface area (Å²) in [5, 5.41) is 5.91. The summed E-state index contributed by atoms with van der Waals surface area (Å²) in [6.45, 7) is 0. The van der Waals surface area contributed by atoms with Crippen LogP contribution >= 0.6 is 23.2 Å². The lowest BCUT2D eigenvalue weighted by atomic mass is 10.1. The highest BCUT2D eigenvalue weighted by Crippen LogP contribution is 2.22. The SMILES string of the molecule is O=C(c1ccc(Cl)cc1)C(Cl)c1ncn[nH]1. The van der Waals surface area contributed by atoms with Gasteiger partial charge in [0.05, 0.1) is 0 Å². The molecule has 1 heterocycles. The van der Waals surface area contributed by atoms with E-state index in [1.165, 1.54) is 6.33 Å². The third-order valence-electron chi connectivity index (χ3n) is 2.03. The quantitative estimate of drug-likeness (QED) is 0.678. The van der Waals surface area contributed by atoms with Crippen LogP contribution in [0, 0.1) is 0 Å². The molecule has 0 aliphatic carbocycles. The Bertz CT molecular complexity index is 481. The average Bonchev–Trinajstić information content (AvgIpc) is 2.81. The van der Waals surface area contributed by atoms with Crippen molar-refractivity contribution in [2.24, 2.45) is 0 Å². The standard InChI is InChI=1S/C10H7Cl2N3O/c11-7-3-1-6(2-4-7)9(16)8(12)10-13-5-14-15-10/h1-5,8H,(H,13,14,15). The maximum absolute atomic E-state index is 11.9. The van der Waals surface area contributed by atoms with E-state index in [9.17, 15) is 4.79 Å². The molecular formula is C10H7Cl2N3O. The molecule has 0 aliphatic heterocycles. The number of hydrogen-bond donors (Lipinski definition) is 1. The van der Waals surface area contributed by atoms with Crippen LogP contribution < -0.4 is 0 Å². The summed E-state index contributed by atoms with van der Waals surface area (Å²) in [6.07, 6.45) is 1.31. The van der Waals surface area contributed by atoms with Crippen LogP contribution in [0.4, 0.5) is 0 Å². The van der Waals surface area contributed by atoms with E-state index in [1.54, 1.807) is 24.3 Å². The molecular weight excluding hydrogens is 249 g/mol. The first-order valence-electron chi connectivity index (χ1n) is 4.47. The van der Waals surface area contributed by atoms with Crippen LogP contribution in [0.3, 0.4) is 0 Å². The van der Waals surface area contributed by atoms with E-state index in [2.05, 4.69) is 15.2 Å². The highest BCUT2D eigenvalue weighted by Gasteiger charge is 2.21. The minimum Gasteiger partial charge on any atom is -0.292 e. The number of nitrogens with zero attached hydrogens (tertiary/aromatic N) is 2. The van der Waals surface area contributed by atoms with Crippen LogP contribution in [-0.2, 0) is 0 Å². The Balaban J connectivity index is 2.22. The predicted molar refractivity (Wildman–Crippen MR) is 60.8 cm³/mol. The Hall–Kier alpha value is -1.39. The van der Waals surface area contributed by atoms with Gasteiger partial charge in [-0.2, -0.15) is 5.10 Å². The lowest BCUT2D eigenvalue weighted by Gasteiger charge is -2.04. The maximum Gasteiger partial charge on any atom is 0.188 e. The molecule has 1 unspecified atom stereocenters.